The van der Waals surface area contributed by atoms with Gasteiger partial charge in [0.1, 0.15) is 0 Å². The highest BCUT2D eigenvalue weighted by molar-refractivity contribution is 5.24. The molecule has 0 saturated heterocycles. The van der Waals surface area contributed by atoms with Crippen molar-refractivity contribution in [3.63, 3.8) is 0 Å². The summed E-state index contributed by atoms with van der Waals surface area (Å²) in [6.07, 6.45) is 3.83. The van der Waals surface area contributed by atoms with Crippen LogP contribution in [-0.2, 0) is 11.2 Å². The summed E-state index contributed by atoms with van der Waals surface area (Å²) in [5.41, 5.74) is 8.05. The second-order valence-electron chi connectivity index (χ2n) is 4.15. The van der Waals surface area contributed by atoms with Gasteiger partial charge in [0.25, 0.3) is 0 Å². The molecule has 16 heavy (non-hydrogen) atoms. The fourth-order valence-electron chi connectivity index (χ4n) is 1.68. The molecule has 90 valence electrons. The minimum atomic E-state index is 0.142. The van der Waals surface area contributed by atoms with Crippen LogP contribution in [0.2, 0.25) is 0 Å². The molecule has 0 spiro atoms. The third kappa shape index (κ3) is 4.33. The molecule has 1 aromatic carbocycles. The van der Waals surface area contributed by atoms with E-state index in [1.807, 2.05) is 0 Å². The topological polar surface area (TPSA) is 35.2 Å². The third-order valence-corrected chi connectivity index (χ3v) is 2.75. The zero-order valence-electron chi connectivity index (χ0n) is 10.4. The van der Waals surface area contributed by atoms with Gasteiger partial charge in [-0.3, -0.25) is 0 Å². The van der Waals surface area contributed by atoms with Gasteiger partial charge >= 0.3 is 0 Å². The molecule has 0 aliphatic rings. The molecule has 1 aromatic rings. The van der Waals surface area contributed by atoms with E-state index in [0.717, 1.165) is 0 Å². The maximum Gasteiger partial charge on any atom is 0.0797 e. The maximum atomic E-state index is 5.57. The molecule has 0 unspecified atom stereocenters. The average Bonchev–Trinajstić information content (AvgIpc) is 2.34. The number of nitrogens with two attached hydrogens (primary N) is 1. The Morgan fingerprint density at radius 3 is 2.50 bits per heavy atom. The number of ether oxygens (including phenoxy) is 1. The van der Waals surface area contributed by atoms with Crippen molar-refractivity contribution in [1.29, 1.82) is 0 Å². The lowest BCUT2D eigenvalue weighted by Gasteiger charge is -2.13. The molecular formula is C14H23NO. The molecule has 0 bridgehead atoms. The second-order valence-corrected chi connectivity index (χ2v) is 4.15. The van der Waals surface area contributed by atoms with Crippen LogP contribution in [0.1, 0.15) is 43.9 Å². The molecule has 2 nitrogen and oxygen atoms in total. The molecule has 2 N–H and O–H groups in total. The highest BCUT2D eigenvalue weighted by Gasteiger charge is 2.04. The fourth-order valence-corrected chi connectivity index (χ4v) is 1.68. The van der Waals surface area contributed by atoms with E-state index in [1.165, 1.54) is 30.4 Å². The number of unbranched alkanes of at least 4 members (excludes halogenated alkanes) is 1. The van der Waals surface area contributed by atoms with E-state index < -0.39 is 0 Å². The Balaban J connectivity index is 2.49. The third-order valence-electron chi connectivity index (χ3n) is 2.75. The quantitative estimate of drug-likeness (QED) is 0.768. The van der Waals surface area contributed by atoms with Crippen molar-refractivity contribution in [2.75, 3.05) is 13.2 Å². The van der Waals surface area contributed by atoms with Crippen LogP contribution in [-0.4, -0.2) is 13.2 Å². The Morgan fingerprint density at radius 2 is 1.94 bits per heavy atom. The summed E-state index contributed by atoms with van der Waals surface area (Å²) in [5.74, 6) is 0. The summed E-state index contributed by atoms with van der Waals surface area (Å²) in [7, 11) is 0. The lowest BCUT2D eigenvalue weighted by Crippen LogP contribution is -2.10. The van der Waals surface area contributed by atoms with Crippen molar-refractivity contribution in [1.82, 2.24) is 0 Å². The van der Waals surface area contributed by atoms with E-state index in [-0.39, 0.29) is 6.10 Å². The van der Waals surface area contributed by atoms with Crippen LogP contribution in [0.25, 0.3) is 0 Å². The Hall–Kier alpha value is -0.860. The van der Waals surface area contributed by atoms with Crippen LogP contribution in [0, 0.1) is 0 Å². The van der Waals surface area contributed by atoms with Gasteiger partial charge in [0, 0.05) is 6.54 Å². The van der Waals surface area contributed by atoms with E-state index in [2.05, 4.69) is 38.1 Å². The van der Waals surface area contributed by atoms with Crippen molar-refractivity contribution < 1.29 is 4.74 Å². The first-order valence-corrected chi connectivity index (χ1v) is 6.18. The summed E-state index contributed by atoms with van der Waals surface area (Å²) in [4.78, 5) is 0. The smallest absolute Gasteiger partial charge is 0.0797 e. The van der Waals surface area contributed by atoms with Gasteiger partial charge in [-0.1, -0.05) is 37.6 Å². The molecule has 0 amide bonds. The molecule has 0 fully saturated rings. The number of hydrogen-bond donors (Lipinski definition) is 1. The zero-order chi connectivity index (χ0) is 11.8. The maximum absolute atomic E-state index is 5.57. The number of benzene rings is 1. The minimum Gasteiger partial charge on any atom is -0.373 e. The van der Waals surface area contributed by atoms with Crippen molar-refractivity contribution in [2.24, 2.45) is 5.73 Å². The van der Waals surface area contributed by atoms with Crippen LogP contribution >= 0.6 is 0 Å². The van der Waals surface area contributed by atoms with E-state index in [9.17, 15) is 0 Å². The van der Waals surface area contributed by atoms with Gasteiger partial charge in [-0.05, 0) is 30.9 Å². The van der Waals surface area contributed by atoms with Gasteiger partial charge in [0.15, 0.2) is 0 Å². The van der Waals surface area contributed by atoms with E-state index in [1.54, 1.807) is 0 Å². The van der Waals surface area contributed by atoms with Crippen molar-refractivity contribution in [2.45, 2.75) is 39.2 Å². The average molecular weight is 221 g/mol. The molecule has 0 radical (unpaired) electrons. The van der Waals surface area contributed by atoms with Gasteiger partial charge < -0.3 is 10.5 Å². The number of hydrogen-bond acceptors (Lipinski definition) is 2. The highest BCUT2D eigenvalue weighted by atomic mass is 16.5. The summed E-state index contributed by atoms with van der Waals surface area (Å²) in [5, 5.41) is 0. The van der Waals surface area contributed by atoms with Gasteiger partial charge in [0.05, 0.1) is 12.7 Å². The Labute approximate surface area is 98.8 Å². The van der Waals surface area contributed by atoms with Gasteiger partial charge in [-0.25, -0.2) is 0 Å². The SMILES string of the molecule is CCCCc1ccc([C@@H](C)OCCN)cc1. The Kier molecular flexibility index (Phi) is 6.12. The van der Waals surface area contributed by atoms with Crippen LogP contribution < -0.4 is 5.73 Å². The van der Waals surface area contributed by atoms with Gasteiger partial charge in [-0.15, -0.1) is 0 Å². The van der Waals surface area contributed by atoms with Crippen molar-refractivity contribution in [3.8, 4) is 0 Å². The highest BCUT2D eigenvalue weighted by Crippen LogP contribution is 2.17. The monoisotopic (exact) mass is 221 g/mol. The molecule has 1 rings (SSSR count). The predicted octanol–water partition coefficient (Wildman–Crippen LogP) is 3.07. The molecule has 0 heterocycles. The largest absolute Gasteiger partial charge is 0.373 e. The molecule has 0 saturated carbocycles. The van der Waals surface area contributed by atoms with Crippen LogP contribution in [0.4, 0.5) is 0 Å². The number of aryl methyl sites for hydroxylation is 1. The summed E-state index contributed by atoms with van der Waals surface area (Å²) >= 11 is 0. The molecule has 0 aliphatic carbocycles. The van der Waals surface area contributed by atoms with Crippen molar-refractivity contribution in [3.05, 3.63) is 35.4 Å². The molecule has 0 aromatic heterocycles. The zero-order valence-corrected chi connectivity index (χ0v) is 10.4. The van der Waals surface area contributed by atoms with Crippen molar-refractivity contribution >= 4 is 0 Å². The first-order chi connectivity index (χ1) is 7.77. The van der Waals surface area contributed by atoms with Crippen LogP contribution in [0.3, 0.4) is 0 Å². The second kappa shape index (κ2) is 7.42. The first kappa shape index (κ1) is 13.2. The van der Waals surface area contributed by atoms with Crippen LogP contribution in [0.15, 0.2) is 24.3 Å². The fraction of sp³-hybridized carbons (Fsp3) is 0.571. The normalized spacial score (nSPS) is 12.7. The standard InChI is InChI=1S/C14H23NO/c1-3-4-5-13-6-8-14(9-7-13)12(2)16-11-10-15/h6-9,12H,3-5,10-11,15H2,1-2H3/t12-/m1/s1. The van der Waals surface area contributed by atoms with Gasteiger partial charge in [0.2, 0.25) is 0 Å². The molecule has 0 aliphatic heterocycles. The molecule has 2 heteroatoms. The number of rotatable bonds is 7. The Bertz CT molecular complexity index is 281. The van der Waals surface area contributed by atoms with E-state index >= 15 is 0 Å². The molecular weight excluding hydrogens is 198 g/mol. The lowest BCUT2D eigenvalue weighted by atomic mass is 10.0. The predicted molar refractivity (Wildman–Crippen MR) is 68.5 cm³/mol. The van der Waals surface area contributed by atoms with E-state index in [4.69, 9.17) is 10.5 Å². The first-order valence-electron chi connectivity index (χ1n) is 6.18. The summed E-state index contributed by atoms with van der Waals surface area (Å²) in [6, 6.07) is 8.72. The van der Waals surface area contributed by atoms with Crippen LogP contribution in [0.5, 0.6) is 0 Å². The Morgan fingerprint density at radius 1 is 1.25 bits per heavy atom. The summed E-state index contributed by atoms with van der Waals surface area (Å²) < 4.78 is 5.57. The summed E-state index contributed by atoms with van der Waals surface area (Å²) in [6.45, 7) is 5.49. The van der Waals surface area contributed by atoms with E-state index in [0.29, 0.717) is 13.2 Å². The molecule has 1 atom stereocenters. The lowest BCUT2D eigenvalue weighted by molar-refractivity contribution is 0.0718. The minimum absolute atomic E-state index is 0.142. The van der Waals surface area contributed by atoms with Gasteiger partial charge in [-0.2, -0.15) is 0 Å².